The molecular formula is C16H17N3O2. The van der Waals surface area contributed by atoms with Crippen LogP contribution < -0.4 is 16.4 Å². The lowest BCUT2D eigenvalue weighted by Crippen LogP contribution is -2.12. The Balaban J connectivity index is 2.13. The van der Waals surface area contributed by atoms with Crippen molar-refractivity contribution in [3.63, 3.8) is 0 Å². The number of fused-ring (bicyclic) bond motifs is 1. The Morgan fingerprint density at radius 1 is 1.10 bits per heavy atom. The predicted octanol–water partition coefficient (Wildman–Crippen LogP) is 3.09. The average molecular weight is 283 g/mol. The zero-order valence-electron chi connectivity index (χ0n) is 12.2. The average Bonchev–Trinajstić information content (AvgIpc) is 2.75. The highest BCUT2D eigenvalue weighted by molar-refractivity contribution is 5.87. The standard InChI is InChI=1S/C16H17N3O2/c1-9-4-10(2)6-11(5-9)19(3)14-8-13-15(7-12(14)17)21-16(20)18-13/h4-8H,17H2,1-3H3,(H,18,20). The number of nitrogens with zero attached hydrogens (tertiary/aromatic N) is 1. The molecule has 0 aliphatic rings. The van der Waals surface area contributed by atoms with Crippen molar-refractivity contribution in [1.29, 1.82) is 0 Å². The molecule has 5 heteroatoms. The number of aryl methyl sites for hydroxylation is 2. The van der Waals surface area contributed by atoms with Crippen molar-refractivity contribution in [1.82, 2.24) is 4.98 Å². The second-order valence-electron chi connectivity index (χ2n) is 5.33. The minimum absolute atomic E-state index is 0.468. The van der Waals surface area contributed by atoms with E-state index in [-0.39, 0.29) is 0 Å². The summed E-state index contributed by atoms with van der Waals surface area (Å²) in [5.41, 5.74) is 12.0. The van der Waals surface area contributed by atoms with E-state index >= 15 is 0 Å². The molecule has 0 saturated heterocycles. The third kappa shape index (κ3) is 2.38. The molecule has 0 bridgehead atoms. The lowest BCUT2D eigenvalue weighted by atomic mass is 10.1. The van der Waals surface area contributed by atoms with Crippen LogP contribution in [-0.2, 0) is 0 Å². The van der Waals surface area contributed by atoms with E-state index in [1.54, 1.807) is 6.07 Å². The summed E-state index contributed by atoms with van der Waals surface area (Å²) < 4.78 is 5.02. The van der Waals surface area contributed by atoms with E-state index in [2.05, 4.69) is 37.0 Å². The molecular weight excluding hydrogens is 266 g/mol. The Labute approximate surface area is 122 Å². The molecule has 5 nitrogen and oxygen atoms in total. The number of nitrogens with two attached hydrogens (primary N) is 1. The molecule has 3 rings (SSSR count). The van der Waals surface area contributed by atoms with Crippen LogP contribution in [0.1, 0.15) is 11.1 Å². The fraction of sp³-hybridized carbons (Fsp3) is 0.188. The molecule has 1 heterocycles. The third-order valence-corrected chi connectivity index (χ3v) is 3.52. The number of benzene rings is 2. The van der Waals surface area contributed by atoms with Gasteiger partial charge in [-0.2, -0.15) is 0 Å². The smallest absolute Gasteiger partial charge is 0.408 e. The van der Waals surface area contributed by atoms with Gasteiger partial charge < -0.3 is 15.1 Å². The molecule has 0 unspecified atom stereocenters. The van der Waals surface area contributed by atoms with E-state index in [4.69, 9.17) is 10.2 Å². The molecule has 0 radical (unpaired) electrons. The van der Waals surface area contributed by atoms with Crippen molar-refractivity contribution in [2.75, 3.05) is 17.7 Å². The van der Waals surface area contributed by atoms with Gasteiger partial charge in [-0.3, -0.25) is 4.98 Å². The topological polar surface area (TPSA) is 75.3 Å². The number of oxazole rings is 1. The minimum Gasteiger partial charge on any atom is -0.408 e. The number of H-pyrrole nitrogens is 1. The maximum Gasteiger partial charge on any atom is 0.417 e. The van der Waals surface area contributed by atoms with Gasteiger partial charge in [0.1, 0.15) is 0 Å². The molecule has 0 fully saturated rings. The molecule has 1 aromatic heterocycles. The van der Waals surface area contributed by atoms with Crippen LogP contribution in [0.4, 0.5) is 17.1 Å². The number of hydrogen-bond acceptors (Lipinski definition) is 4. The summed E-state index contributed by atoms with van der Waals surface area (Å²) in [5.74, 6) is -0.476. The van der Waals surface area contributed by atoms with Crippen molar-refractivity contribution in [2.24, 2.45) is 0 Å². The lowest BCUT2D eigenvalue weighted by molar-refractivity contribution is 0.555. The molecule has 0 spiro atoms. The van der Waals surface area contributed by atoms with Crippen LogP contribution in [0.25, 0.3) is 11.1 Å². The van der Waals surface area contributed by atoms with Crippen LogP contribution in [0, 0.1) is 13.8 Å². The van der Waals surface area contributed by atoms with E-state index in [0.717, 1.165) is 11.4 Å². The highest BCUT2D eigenvalue weighted by Crippen LogP contribution is 2.32. The van der Waals surface area contributed by atoms with Crippen molar-refractivity contribution in [2.45, 2.75) is 13.8 Å². The molecule has 108 valence electrons. The second kappa shape index (κ2) is 4.70. The van der Waals surface area contributed by atoms with Gasteiger partial charge in [-0.15, -0.1) is 0 Å². The van der Waals surface area contributed by atoms with Crippen LogP contribution in [0.5, 0.6) is 0 Å². The Morgan fingerprint density at radius 2 is 1.76 bits per heavy atom. The summed E-state index contributed by atoms with van der Waals surface area (Å²) in [6, 6.07) is 9.80. The van der Waals surface area contributed by atoms with Gasteiger partial charge in [0, 0.05) is 18.8 Å². The monoisotopic (exact) mass is 283 g/mol. The molecule has 0 aliphatic carbocycles. The summed E-state index contributed by atoms with van der Waals surface area (Å²) in [6.45, 7) is 4.12. The molecule has 21 heavy (non-hydrogen) atoms. The van der Waals surface area contributed by atoms with Crippen LogP contribution in [0.15, 0.2) is 39.5 Å². The van der Waals surface area contributed by atoms with Gasteiger partial charge in [0.15, 0.2) is 5.58 Å². The van der Waals surface area contributed by atoms with Crippen LogP contribution >= 0.6 is 0 Å². The number of hydrogen-bond donors (Lipinski definition) is 2. The summed E-state index contributed by atoms with van der Waals surface area (Å²) >= 11 is 0. The first-order chi connectivity index (χ1) is 9.94. The fourth-order valence-corrected chi connectivity index (χ4v) is 2.58. The zero-order valence-corrected chi connectivity index (χ0v) is 12.2. The van der Waals surface area contributed by atoms with Gasteiger partial charge in [-0.1, -0.05) is 6.07 Å². The fourth-order valence-electron chi connectivity index (χ4n) is 2.58. The summed E-state index contributed by atoms with van der Waals surface area (Å²) in [4.78, 5) is 15.9. The van der Waals surface area contributed by atoms with Crippen LogP contribution in [0.2, 0.25) is 0 Å². The Hall–Kier alpha value is -2.69. The van der Waals surface area contributed by atoms with E-state index < -0.39 is 5.76 Å². The summed E-state index contributed by atoms with van der Waals surface area (Å²) in [5, 5.41) is 0. The maximum absolute atomic E-state index is 11.3. The minimum atomic E-state index is -0.476. The molecule has 0 aliphatic heterocycles. The predicted molar refractivity (Wildman–Crippen MR) is 85.2 cm³/mol. The van der Waals surface area contributed by atoms with Gasteiger partial charge in [0.2, 0.25) is 0 Å². The van der Waals surface area contributed by atoms with Gasteiger partial charge >= 0.3 is 5.76 Å². The first-order valence-electron chi connectivity index (χ1n) is 6.68. The second-order valence-corrected chi connectivity index (χ2v) is 5.33. The van der Waals surface area contributed by atoms with Gasteiger partial charge in [-0.25, -0.2) is 4.79 Å². The highest BCUT2D eigenvalue weighted by atomic mass is 16.4. The Bertz CT molecular complexity index is 857. The lowest BCUT2D eigenvalue weighted by Gasteiger charge is -2.22. The zero-order chi connectivity index (χ0) is 15.1. The normalized spacial score (nSPS) is 11.0. The van der Waals surface area contributed by atoms with E-state index in [9.17, 15) is 4.79 Å². The molecule has 0 amide bonds. The molecule has 3 aromatic rings. The molecule has 0 saturated carbocycles. The summed E-state index contributed by atoms with van der Waals surface area (Å²) in [6.07, 6.45) is 0. The van der Waals surface area contributed by atoms with Gasteiger partial charge in [0.05, 0.1) is 16.9 Å². The molecule has 0 atom stereocenters. The van der Waals surface area contributed by atoms with Crippen molar-refractivity contribution in [3.8, 4) is 0 Å². The van der Waals surface area contributed by atoms with E-state index in [1.165, 1.54) is 11.1 Å². The highest BCUT2D eigenvalue weighted by Gasteiger charge is 2.12. The van der Waals surface area contributed by atoms with Crippen molar-refractivity contribution < 1.29 is 4.42 Å². The largest absolute Gasteiger partial charge is 0.417 e. The van der Waals surface area contributed by atoms with Crippen LogP contribution in [-0.4, -0.2) is 12.0 Å². The molecule has 3 N–H and O–H groups in total. The Morgan fingerprint density at radius 3 is 2.43 bits per heavy atom. The first kappa shape index (κ1) is 13.3. The Kier molecular flexibility index (Phi) is 2.97. The number of nitrogens with one attached hydrogen (secondary N) is 1. The quantitative estimate of drug-likeness (QED) is 0.709. The van der Waals surface area contributed by atoms with Crippen molar-refractivity contribution in [3.05, 3.63) is 52.0 Å². The number of aromatic nitrogens is 1. The van der Waals surface area contributed by atoms with E-state index in [0.29, 0.717) is 16.8 Å². The van der Waals surface area contributed by atoms with Crippen molar-refractivity contribution >= 4 is 28.2 Å². The molecule has 2 aromatic carbocycles. The SMILES string of the molecule is Cc1cc(C)cc(N(C)c2cc3[nH]c(=O)oc3cc2N)c1. The van der Waals surface area contributed by atoms with Gasteiger partial charge in [-0.05, 0) is 43.2 Å². The summed E-state index contributed by atoms with van der Waals surface area (Å²) in [7, 11) is 1.95. The number of nitrogen functional groups attached to an aromatic ring is 1. The maximum atomic E-state index is 11.3. The van der Waals surface area contributed by atoms with Crippen LogP contribution in [0.3, 0.4) is 0 Å². The number of rotatable bonds is 2. The number of anilines is 3. The third-order valence-electron chi connectivity index (χ3n) is 3.52. The van der Waals surface area contributed by atoms with Gasteiger partial charge in [0.25, 0.3) is 0 Å². The van der Waals surface area contributed by atoms with E-state index in [1.807, 2.05) is 18.0 Å². The first-order valence-corrected chi connectivity index (χ1v) is 6.68. The number of aromatic amines is 1.